The average Bonchev–Trinajstić information content (AvgIpc) is 2.34. The van der Waals surface area contributed by atoms with Crippen LogP contribution in [0.3, 0.4) is 0 Å². The van der Waals surface area contributed by atoms with E-state index in [1.54, 1.807) is 0 Å². The third kappa shape index (κ3) is 2.93. The highest BCUT2D eigenvalue weighted by atomic mass is 19.4. The van der Waals surface area contributed by atoms with Gasteiger partial charge in [-0.3, -0.25) is 4.79 Å². The molecule has 0 saturated heterocycles. The van der Waals surface area contributed by atoms with Gasteiger partial charge in [-0.2, -0.15) is 13.2 Å². The summed E-state index contributed by atoms with van der Waals surface area (Å²) in [5, 5.41) is 0. The lowest BCUT2D eigenvalue weighted by atomic mass is 10.2. The minimum Gasteiger partial charge on any atom is -0.435 e. The molecule has 4 nitrogen and oxygen atoms in total. The van der Waals surface area contributed by atoms with Crippen LogP contribution in [0.1, 0.15) is 5.56 Å². The zero-order valence-electron chi connectivity index (χ0n) is 9.81. The molecular formula is C12H9F3N2O2. The molecule has 100 valence electrons. The maximum absolute atomic E-state index is 12.5. The first kappa shape index (κ1) is 13.1. The summed E-state index contributed by atoms with van der Waals surface area (Å²) < 4.78 is 43.8. The van der Waals surface area contributed by atoms with E-state index in [-0.39, 0.29) is 11.6 Å². The Labute approximate surface area is 106 Å². The fourth-order valence-corrected chi connectivity index (χ4v) is 1.39. The van der Waals surface area contributed by atoms with Gasteiger partial charge in [0.1, 0.15) is 5.75 Å². The van der Waals surface area contributed by atoms with E-state index in [0.29, 0.717) is 0 Å². The summed E-state index contributed by atoms with van der Waals surface area (Å²) in [6.45, 7) is 0. The van der Waals surface area contributed by atoms with Gasteiger partial charge in [0.05, 0.1) is 5.56 Å². The molecule has 0 fully saturated rings. The van der Waals surface area contributed by atoms with E-state index in [9.17, 15) is 18.0 Å². The van der Waals surface area contributed by atoms with Crippen molar-refractivity contribution in [2.75, 3.05) is 0 Å². The van der Waals surface area contributed by atoms with Crippen molar-refractivity contribution in [2.45, 2.75) is 6.18 Å². The summed E-state index contributed by atoms with van der Waals surface area (Å²) in [6.07, 6.45) is -1.72. The summed E-state index contributed by atoms with van der Waals surface area (Å²) in [6, 6.07) is 4.26. The minimum absolute atomic E-state index is 0.0920. The lowest BCUT2D eigenvalue weighted by Crippen LogP contribution is -2.18. The molecule has 0 atom stereocenters. The Bertz CT molecular complexity index is 650. The molecule has 0 saturated carbocycles. The van der Waals surface area contributed by atoms with Crippen molar-refractivity contribution in [3.63, 3.8) is 0 Å². The second-order valence-electron chi connectivity index (χ2n) is 3.78. The van der Waals surface area contributed by atoms with Crippen molar-refractivity contribution in [3.8, 4) is 11.6 Å². The van der Waals surface area contributed by atoms with Crippen molar-refractivity contribution in [3.05, 3.63) is 52.6 Å². The lowest BCUT2D eigenvalue weighted by Gasteiger charge is -2.09. The predicted molar refractivity (Wildman–Crippen MR) is 61.0 cm³/mol. The van der Waals surface area contributed by atoms with Crippen molar-refractivity contribution in [2.24, 2.45) is 7.05 Å². The molecule has 0 aliphatic carbocycles. The Kier molecular flexibility index (Phi) is 3.28. The molecule has 2 rings (SSSR count). The molecule has 0 radical (unpaired) electrons. The van der Waals surface area contributed by atoms with E-state index in [0.717, 1.165) is 12.1 Å². The van der Waals surface area contributed by atoms with Crippen LogP contribution >= 0.6 is 0 Å². The molecule has 0 amide bonds. The van der Waals surface area contributed by atoms with E-state index in [1.807, 2.05) is 0 Å². The quantitative estimate of drug-likeness (QED) is 0.842. The van der Waals surface area contributed by atoms with Gasteiger partial charge in [0.2, 0.25) is 0 Å². The molecule has 1 heterocycles. The topological polar surface area (TPSA) is 44.1 Å². The lowest BCUT2D eigenvalue weighted by molar-refractivity contribution is -0.137. The fourth-order valence-electron chi connectivity index (χ4n) is 1.39. The summed E-state index contributed by atoms with van der Waals surface area (Å²) in [5.74, 6) is -0.366. The van der Waals surface area contributed by atoms with E-state index < -0.39 is 17.3 Å². The van der Waals surface area contributed by atoms with Gasteiger partial charge in [0, 0.05) is 19.4 Å². The van der Waals surface area contributed by atoms with Gasteiger partial charge in [-0.25, -0.2) is 4.98 Å². The zero-order chi connectivity index (χ0) is 14.0. The van der Waals surface area contributed by atoms with Crippen molar-refractivity contribution >= 4 is 0 Å². The summed E-state index contributed by atoms with van der Waals surface area (Å²) in [4.78, 5) is 15.3. The Hall–Kier alpha value is -2.31. The third-order valence-electron chi connectivity index (χ3n) is 2.36. The van der Waals surface area contributed by atoms with E-state index in [2.05, 4.69) is 4.98 Å². The number of aryl methyl sites for hydroxylation is 1. The van der Waals surface area contributed by atoms with Gasteiger partial charge in [0.25, 0.3) is 5.88 Å². The number of rotatable bonds is 2. The Morgan fingerprint density at radius 3 is 2.74 bits per heavy atom. The number of aromatic nitrogens is 2. The SMILES string of the molecule is Cn1ccnc(Oc2cccc(C(F)(F)F)c2)c1=O. The number of benzene rings is 1. The number of hydrogen-bond donors (Lipinski definition) is 0. The summed E-state index contributed by atoms with van der Waals surface area (Å²) >= 11 is 0. The van der Waals surface area contributed by atoms with Crippen LogP contribution in [0.5, 0.6) is 11.6 Å². The second kappa shape index (κ2) is 4.75. The number of hydrogen-bond acceptors (Lipinski definition) is 3. The van der Waals surface area contributed by atoms with Crippen LogP contribution in [0.4, 0.5) is 13.2 Å². The molecule has 19 heavy (non-hydrogen) atoms. The highest BCUT2D eigenvalue weighted by Crippen LogP contribution is 2.31. The van der Waals surface area contributed by atoms with Gasteiger partial charge >= 0.3 is 11.7 Å². The van der Waals surface area contributed by atoms with Crippen LogP contribution in [-0.2, 0) is 13.2 Å². The molecule has 0 aliphatic heterocycles. The second-order valence-corrected chi connectivity index (χ2v) is 3.78. The van der Waals surface area contributed by atoms with Gasteiger partial charge in [-0.1, -0.05) is 6.07 Å². The largest absolute Gasteiger partial charge is 0.435 e. The van der Waals surface area contributed by atoms with Crippen LogP contribution in [0.25, 0.3) is 0 Å². The van der Waals surface area contributed by atoms with Crippen molar-refractivity contribution < 1.29 is 17.9 Å². The number of alkyl halides is 3. The molecule has 0 bridgehead atoms. The van der Waals surface area contributed by atoms with Gasteiger partial charge in [-0.15, -0.1) is 0 Å². The molecular weight excluding hydrogens is 261 g/mol. The number of halogens is 3. The summed E-state index contributed by atoms with van der Waals surface area (Å²) in [5.41, 5.74) is -1.38. The van der Waals surface area contributed by atoms with E-state index in [4.69, 9.17) is 4.74 Å². The van der Waals surface area contributed by atoms with Gasteiger partial charge in [-0.05, 0) is 18.2 Å². The molecule has 0 spiro atoms. The highest BCUT2D eigenvalue weighted by molar-refractivity contribution is 5.32. The normalized spacial score (nSPS) is 11.4. The monoisotopic (exact) mass is 270 g/mol. The van der Waals surface area contributed by atoms with E-state index >= 15 is 0 Å². The first-order valence-corrected chi connectivity index (χ1v) is 5.24. The molecule has 0 aliphatic rings. The van der Waals surface area contributed by atoms with Crippen LogP contribution < -0.4 is 10.3 Å². The predicted octanol–water partition coefficient (Wildman–Crippen LogP) is 2.59. The molecule has 1 aromatic carbocycles. The smallest absolute Gasteiger partial charge is 0.416 e. The third-order valence-corrected chi connectivity index (χ3v) is 2.36. The first-order chi connectivity index (χ1) is 8.88. The molecule has 0 unspecified atom stereocenters. The zero-order valence-corrected chi connectivity index (χ0v) is 9.81. The van der Waals surface area contributed by atoms with Crippen molar-refractivity contribution in [1.82, 2.24) is 9.55 Å². The maximum Gasteiger partial charge on any atom is 0.416 e. The van der Waals surface area contributed by atoms with Crippen LogP contribution in [0.2, 0.25) is 0 Å². The summed E-state index contributed by atoms with van der Waals surface area (Å²) in [7, 11) is 1.49. The highest BCUT2D eigenvalue weighted by Gasteiger charge is 2.30. The molecule has 7 heteroatoms. The molecule has 2 aromatic rings. The maximum atomic E-state index is 12.5. The van der Waals surface area contributed by atoms with Crippen molar-refractivity contribution in [1.29, 1.82) is 0 Å². The van der Waals surface area contributed by atoms with Crippen LogP contribution in [0.15, 0.2) is 41.5 Å². The van der Waals surface area contributed by atoms with Crippen LogP contribution in [0, 0.1) is 0 Å². The number of nitrogens with zero attached hydrogens (tertiary/aromatic N) is 2. The average molecular weight is 270 g/mol. The molecule has 0 N–H and O–H groups in total. The Morgan fingerprint density at radius 2 is 2.05 bits per heavy atom. The van der Waals surface area contributed by atoms with Gasteiger partial charge in [0.15, 0.2) is 0 Å². The number of ether oxygens (including phenoxy) is 1. The van der Waals surface area contributed by atoms with E-state index in [1.165, 1.54) is 36.1 Å². The van der Waals surface area contributed by atoms with Crippen LogP contribution in [-0.4, -0.2) is 9.55 Å². The van der Waals surface area contributed by atoms with Gasteiger partial charge < -0.3 is 9.30 Å². The Morgan fingerprint density at radius 1 is 1.32 bits per heavy atom. The standard InChI is InChI=1S/C12H9F3N2O2/c1-17-6-5-16-10(11(17)18)19-9-4-2-3-8(7-9)12(13,14)15/h2-7H,1H3. The Balaban J connectivity index is 2.34. The fraction of sp³-hybridized carbons (Fsp3) is 0.167. The minimum atomic E-state index is -4.46. The molecule has 1 aromatic heterocycles. The first-order valence-electron chi connectivity index (χ1n) is 5.24.